The molecular formula is C17H21N. The van der Waals surface area contributed by atoms with Crippen LogP contribution in [-0.4, -0.2) is 7.05 Å². The summed E-state index contributed by atoms with van der Waals surface area (Å²) in [6, 6.07) is 17.7. The molecule has 0 aromatic heterocycles. The Labute approximate surface area is 110 Å². The van der Waals surface area contributed by atoms with Gasteiger partial charge in [0, 0.05) is 6.04 Å². The molecule has 1 atom stereocenters. The van der Waals surface area contributed by atoms with Crippen molar-refractivity contribution in [1.82, 2.24) is 5.32 Å². The number of likely N-dealkylation sites (N-methyl/N-ethyl adjacent to an activating group) is 1. The topological polar surface area (TPSA) is 12.0 Å². The van der Waals surface area contributed by atoms with Crippen LogP contribution in [0.2, 0.25) is 0 Å². The van der Waals surface area contributed by atoms with E-state index in [1.54, 1.807) is 0 Å². The fraction of sp³-hybridized carbons (Fsp3) is 0.294. The zero-order valence-corrected chi connectivity index (χ0v) is 11.4. The second-order valence-corrected chi connectivity index (χ2v) is 4.89. The Morgan fingerprint density at radius 2 is 1.78 bits per heavy atom. The van der Waals surface area contributed by atoms with Crippen LogP contribution >= 0.6 is 0 Å². The summed E-state index contributed by atoms with van der Waals surface area (Å²) in [6.07, 6.45) is 1.03. The van der Waals surface area contributed by atoms with Crippen LogP contribution in [0.1, 0.15) is 28.3 Å². The van der Waals surface area contributed by atoms with Crippen molar-refractivity contribution >= 4 is 0 Å². The Morgan fingerprint density at radius 3 is 2.44 bits per heavy atom. The average Bonchev–Trinajstić information content (AvgIpc) is 2.37. The molecule has 0 fully saturated rings. The molecule has 0 spiro atoms. The number of hydrogen-bond donors (Lipinski definition) is 1. The average molecular weight is 239 g/mol. The summed E-state index contributed by atoms with van der Waals surface area (Å²) in [5, 5.41) is 3.43. The van der Waals surface area contributed by atoms with Crippen LogP contribution in [0.15, 0.2) is 48.5 Å². The lowest BCUT2D eigenvalue weighted by molar-refractivity contribution is 0.589. The highest BCUT2D eigenvalue weighted by atomic mass is 14.9. The number of nitrogens with one attached hydrogen (secondary N) is 1. The predicted molar refractivity (Wildman–Crippen MR) is 77.9 cm³/mol. The largest absolute Gasteiger partial charge is 0.313 e. The first kappa shape index (κ1) is 12.8. The van der Waals surface area contributed by atoms with Crippen LogP contribution in [-0.2, 0) is 6.42 Å². The van der Waals surface area contributed by atoms with Crippen molar-refractivity contribution in [3.05, 3.63) is 70.8 Å². The maximum atomic E-state index is 3.43. The van der Waals surface area contributed by atoms with E-state index in [9.17, 15) is 0 Å². The molecule has 0 bridgehead atoms. The van der Waals surface area contributed by atoms with Gasteiger partial charge in [-0.3, -0.25) is 0 Å². The van der Waals surface area contributed by atoms with Gasteiger partial charge < -0.3 is 5.32 Å². The van der Waals surface area contributed by atoms with Crippen LogP contribution in [0.5, 0.6) is 0 Å². The van der Waals surface area contributed by atoms with Crippen LogP contribution in [0, 0.1) is 13.8 Å². The van der Waals surface area contributed by atoms with Gasteiger partial charge >= 0.3 is 0 Å². The van der Waals surface area contributed by atoms with Gasteiger partial charge in [0.25, 0.3) is 0 Å². The Hall–Kier alpha value is -1.60. The van der Waals surface area contributed by atoms with Gasteiger partial charge in [-0.15, -0.1) is 0 Å². The van der Waals surface area contributed by atoms with Crippen LogP contribution in [0.3, 0.4) is 0 Å². The van der Waals surface area contributed by atoms with Gasteiger partial charge in [0.2, 0.25) is 0 Å². The van der Waals surface area contributed by atoms with Crippen molar-refractivity contribution in [1.29, 1.82) is 0 Å². The molecular weight excluding hydrogens is 218 g/mol. The summed E-state index contributed by atoms with van der Waals surface area (Å²) in [5.74, 6) is 0. The quantitative estimate of drug-likeness (QED) is 0.855. The summed E-state index contributed by atoms with van der Waals surface area (Å²) < 4.78 is 0. The first-order valence-corrected chi connectivity index (χ1v) is 6.49. The number of benzene rings is 2. The van der Waals surface area contributed by atoms with Crippen LogP contribution < -0.4 is 5.32 Å². The lowest BCUT2D eigenvalue weighted by Gasteiger charge is -2.19. The lowest BCUT2D eigenvalue weighted by atomic mass is 9.95. The molecule has 0 saturated heterocycles. The highest BCUT2D eigenvalue weighted by Crippen LogP contribution is 2.21. The first-order chi connectivity index (χ1) is 8.70. The molecule has 0 aliphatic carbocycles. The summed E-state index contributed by atoms with van der Waals surface area (Å²) in [7, 11) is 2.03. The van der Waals surface area contributed by atoms with E-state index in [4.69, 9.17) is 0 Å². The molecule has 1 heteroatoms. The molecule has 0 aliphatic heterocycles. The fourth-order valence-corrected chi connectivity index (χ4v) is 2.42. The van der Waals surface area contributed by atoms with E-state index in [0.717, 1.165) is 6.42 Å². The van der Waals surface area contributed by atoms with Gasteiger partial charge in [-0.1, -0.05) is 54.1 Å². The highest BCUT2D eigenvalue weighted by molar-refractivity contribution is 5.31. The molecule has 2 aromatic carbocycles. The molecule has 1 nitrogen and oxygen atoms in total. The van der Waals surface area contributed by atoms with E-state index in [-0.39, 0.29) is 0 Å². The molecule has 0 aliphatic rings. The van der Waals surface area contributed by atoms with Gasteiger partial charge in [-0.05, 0) is 44.0 Å². The molecule has 0 radical (unpaired) electrons. The van der Waals surface area contributed by atoms with Crippen molar-refractivity contribution in [3.8, 4) is 0 Å². The van der Waals surface area contributed by atoms with E-state index in [2.05, 4.69) is 67.7 Å². The monoisotopic (exact) mass is 239 g/mol. The third-order valence-electron chi connectivity index (χ3n) is 3.43. The smallest absolute Gasteiger partial charge is 0.0361 e. The molecule has 0 saturated carbocycles. The minimum Gasteiger partial charge on any atom is -0.313 e. The van der Waals surface area contributed by atoms with Crippen molar-refractivity contribution in [3.63, 3.8) is 0 Å². The second kappa shape index (κ2) is 5.83. The highest BCUT2D eigenvalue weighted by Gasteiger charge is 2.11. The lowest BCUT2D eigenvalue weighted by Crippen LogP contribution is -2.19. The maximum absolute atomic E-state index is 3.43. The molecule has 94 valence electrons. The van der Waals surface area contributed by atoms with Gasteiger partial charge in [0.1, 0.15) is 0 Å². The van der Waals surface area contributed by atoms with Gasteiger partial charge in [-0.2, -0.15) is 0 Å². The SMILES string of the molecule is CNC(Cc1cccc(C)c1)c1ccccc1C. The first-order valence-electron chi connectivity index (χ1n) is 6.49. The van der Waals surface area contributed by atoms with E-state index < -0.39 is 0 Å². The second-order valence-electron chi connectivity index (χ2n) is 4.89. The third kappa shape index (κ3) is 2.99. The van der Waals surface area contributed by atoms with Gasteiger partial charge in [0.15, 0.2) is 0 Å². The van der Waals surface area contributed by atoms with E-state index in [0.29, 0.717) is 6.04 Å². The van der Waals surface area contributed by atoms with Crippen molar-refractivity contribution < 1.29 is 0 Å². The molecule has 2 rings (SSSR count). The van der Waals surface area contributed by atoms with Crippen molar-refractivity contribution in [2.75, 3.05) is 7.05 Å². The Morgan fingerprint density at radius 1 is 1.00 bits per heavy atom. The fourth-order valence-electron chi connectivity index (χ4n) is 2.42. The molecule has 1 N–H and O–H groups in total. The normalized spacial score (nSPS) is 12.4. The molecule has 2 aromatic rings. The number of hydrogen-bond acceptors (Lipinski definition) is 1. The maximum Gasteiger partial charge on any atom is 0.0361 e. The van der Waals surface area contributed by atoms with Crippen molar-refractivity contribution in [2.24, 2.45) is 0 Å². The van der Waals surface area contributed by atoms with Crippen molar-refractivity contribution in [2.45, 2.75) is 26.3 Å². The summed E-state index contributed by atoms with van der Waals surface area (Å²) >= 11 is 0. The molecule has 18 heavy (non-hydrogen) atoms. The minimum absolute atomic E-state index is 0.382. The standard InChI is InChI=1S/C17H21N/c1-13-7-6-9-15(11-13)12-17(18-3)16-10-5-4-8-14(16)2/h4-11,17-18H,12H2,1-3H3. The summed E-state index contributed by atoms with van der Waals surface area (Å²) in [4.78, 5) is 0. The number of rotatable bonds is 4. The zero-order valence-electron chi connectivity index (χ0n) is 11.4. The minimum atomic E-state index is 0.382. The number of aryl methyl sites for hydroxylation is 2. The zero-order chi connectivity index (χ0) is 13.0. The van der Waals surface area contributed by atoms with E-state index in [1.165, 1.54) is 22.3 Å². The predicted octanol–water partition coefficient (Wildman–Crippen LogP) is 3.81. The van der Waals surface area contributed by atoms with E-state index in [1.807, 2.05) is 7.05 Å². The van der Waals surface area contributed by atoms with Crippen LogP contribution in [0.25, 0.3) is 0 Å². The Balaban J connectivity index is 2.23. The third-order valence-corrected chi connectivity index (χ3v) is 3.43. The summed E-state index contributed by atoms with van der Waals surface area (Å²) in [5.41, 5.74) is 5.45. The Kier molecular flexibility index (Phi) is 4.16. The van der Waals surface area contributed by atoms with Gasteiger partial charge in [0.05, 0.1) is 0 Å². The Bertz CT molecular complexity index is 517. The summed E-state index contributed by atoms with van der Waals surface area (Å²) in [6.45, 7) is 4.32. The molecule has 1 unspecified atom stereocenters. The van der Waals surface area contributed by atoms with E-state index >= 15 is 0 Å². The molecule has 0 heterocycles. The van der Waals surface area contributed by atoms with Gasteiger partial charge in [-0.25, -0.2) is 0 Å². The van der Waals surface area contributed by atoms with Crippen LogP contribution in [0.4, 0.5) is 0 Å². The molecule has 0 amide bonds.